The smallest absolute Gasteiger partial charge is 0.195 e. The number of hydrogen-bond donors (Lipinski definition) is 1. The van der Waals surface area contributed by atoms with Gasteiger partial charge in [-0.05, 0) is 31.3 Å². The van der Waals surface area contributed by atoms with Gasteiger partial charge in [0.25, 0.3) is 0 Å². The van der Waals surface area contributed by atoms with Gasteiger partial charge in [-0.1, -0.05) is 0 Å². The van der Waals surface area contributed by atoms with E-state index in [0.29, 0.717) is 22.8 Å². The van der Waals surface area contributed by atoms with Crippen LogP contribution in [-0.2, 0) is 6.54 Å². The molecule has 0 atom stereocenters. The molecule has 1 N–H and O–H groups in total. The Morgan fingerprint density at radius 2 is 2.33 bits per heavy atom. The van der Waals surface area contributed by atoms with Gasteiger partial charge in [0, 0.05) is 6.54 Å². The molecule has 78 valence electrons. The summed E-state index contributed by atoms with van der Waals surface area (Å²) in [6.07, 6.45) is 1.16. The Labute approximate surface area is 90.8 Å². The van der Waals surface area contributed by atoms with Gasteiger partial charge in [-0.25, -0.2) is 9.37 Å². The average molecular weight is 224 g/mol. The van der Waals surface area contributed by atoms with Crippen molar-refractivity contribution in [1.29, 1.82) is 0 Å². The van der Waals surface area contributed by atoms with Crippen LogP contribution in [0.4, 0.5) is 4.39 Å². The lowest BCUT2D eigenvalue weighted by molar-refractivity contribution is 0.621. The molecule has 0 aliphatic heterocycles. The fraction of sp³-hybridized carbons (Fsp3) is 0.222. The molecule has 15 heavy (non-hydrogen) atoms. The summed E-state index contributed by atoms with van der Waals surface area (Å²) < 4.78 is 15.0. The van der Waals surface area contributed by atoms with Gasteiger partial charge in [0.1, 0.15) is 11.5 Å². The second-order valence-electron chi connectivity index (χ2n) is 2.96. The number of hydrogen-bond acceptors (Lipinski definition) is 3. The van der Waals surface area contributed by atoms with Gasteiger partial charge >= 0.3 is 0 Å². The Balaban J connectivity index is 2.54. The summed E-state index contributed by atoms with van der Waals surface area (Å²) in [5, 5.41) is 6.73. The lowest BCUT2D eigenvalue weighted by Crippen LogP contribution is -1.99. The quantitative estimate of drug-likeness (QED) is 0.795. The number of nitrogens with zero attached hydrogens (tertiary/aromatic N) is 3. The summed E-state index contributed by atoms with van der Waals surface area (Å²) in [5.41, 5.74) is 0.602. The van der Waals surface area contributed by atoms with Crippen LogP contribution in [-0.4, -0.2) is 19.7 Å². The zero-order valence-electron chi connectivity index (χ0n) is 8.07. The molecule has 0 fully saturated rings. The van der Waals surface area contributed by atoms with Gasteiger partial charge in [0.15, 0.2) is 10.6 Å². The first kappa shape index (κ1) is 9.97. The van der Waals surface area contributed by atoms with Crippen molar-refractivity contribution in [3.63, 3.8) is 0 Å². The Hall–Kier alpha value is -1.56. The maximum atomic E-state index is 12.7. The van der Waals surface area contributed by atoms with Crippen molar-refractivity contribution < 1.29 is 4.39 Å². The molecule has 2 rings (SSSR count). The van der Waals surface area contributed by atoms with E-state index in [0.717, 1.165) is 6.20 Å². The van der Waals surface area contributed by atoms with Crippen molar-refractivity contribution >= 4 is 12.2 Å². The lowest BCUT2D eigenvalue weighted by atomic mass is 10.3. The minimum absolute atomic E-state index is 0.365. The molecule has 0 aliphatic carbocycles. The van der Waals surface area contributed by atoms with Crippen molar-refractivity contribution in [2.75, 3.05) is 0 Å². The Morgan fingerprint density at radius 3 is 2.93 bits per heavy atom. The zero-order valence-corrected chi connectivity index (χ0v) is 8.88. The van der Waals surface area contributed by atoms with E-state index in [2.05, 4.69) is 15.2 Å². The van der Waals surface area contributed by atoms with Gasteiger partial charge in [-0.3, -0.25) is 9.67 Å². The Kier molecular flexibility index (Phi) is 2.59. The van der Waals surface area contributed by atoms with Crippen LogP contribution >= 0.6 is 12.2 Å². The zero-order chi connectivity index (χ0) is 10.8. The molecular formula is C9H9FN4S. The molecule has 2 heterocycles. The van der Waals surface area contributed by atoms with E-state index in [1.54, 1.807) is 10.6 Å². The first-order valence-corrected chi connectivity index (χ1v) is 4.90. The van der Waals surface area contributed by atoms with Crippen molar-refractivity contribution in [1.82, 2.24) is 19.7 Å². The van der Waals surface area contributed by atoms with Crippen molar-refractivity contribution in [2.45, 2.75) is 13.5 Å². The Morgan fingerprint density at radius 1 is 1.53 bits per heavy atom. The second-order valence-corrected chi connectivity index (χ2v) is 3.34. The normalized spacial score (nSPS) is 10.5. The lowest BCUT2D eigenvalue weighted by Gasteiger charge is -2.01. The van der Waals surface area contributed by atoms with E-state index in [4.69, 9.17) is 12.2 Å². The molecule has 0 spiro atoms. The van der Waals surface area contributed by atoms with Gasteiger partial charge in [0.2, 0.25) is 0 Å². The summed E-state index contributed by atoms with van der Waals surface area (Å²) in [6.45, 7) is 2.65. The molecule has 0 aliphatic rings. The van der Waals surface area contributed by atoms with Crippen molar-refractivity contribution in [3.8, 4) is 11.5 Å². The summed E-state index contributed by atoms with van der Waals surface area (Å²) in [7, 11) is 0. The number of pyridine rings is 1. The molecule has 4 nitrogen and oxygen atoms in total. The first-order valence-electron chi connectivity index (χ1n) is 4.49. The van der Waals surface area contributed by atoms with Crippen LogP contribution in [0.1, 0.15) is 6.92 Å². The van der Waals surface area contributed by atoms with Gasteiger partial charge in [-0.15, -0.1) is 0 Å². The summed E-state index contributed by atoms with van der Waals surface area (Å²) in [5.74, 6) is 0.262. The third-order valence-electron chi connectivity index (χ3n) is 2.03. The standard InChI is InChI=1S/C9H9FN4S/c1-2-14-8(12-13-9(14)15)7-4-3-6(10)5-11-7/h3-5H,2H2,1H3,(H,13,15). The fourth-order valence-corrected chi connectivity index (χ4v) is 1.58. The molecule has 0 saturated heterocycles. The molecule has 0 amide bonds. The number of halogens is 1. The van der Waals surface area contributed by atoms with Crippen LogP contribution in [0.3, 0.4) is 0 Å². The summed E-state index contributed by atoms with van der Waals surface area (Å²) in [6, 6.07) is 2.92. The van der Waals surface area contributed by atoms with E-state index in [9.17, 15) is 4.39 Å². The average Bonchev–Trinajstić information content (AvgIpc) is 2.61. The molecule has 2 aromatic rings. The monoisotopic (exact) mass is 224 g/mol. The largest absolute Gasteiger partial charge is 0.299 e. The summed E-state index contributed by atoms with van der Waals surface area (Å²) >= 11 is 5.04. The maximum absolute atomic E-state index is 12.7. The highest BCUT2D eigenvalue weighted by Crippen LogP contribution is 2.14. The minimum atomic E-state index is -0.365. The molecular weight excluding hydrogens is 215 g/mol. The van der Waals surface area contributed by atoms with Crippen LogP contribution in [0.25, 0.3) is 11.5 Å². The maximum Gasteiger partial charge on any atom is 0.195 e. The highest BCUT2D eigenvalue weighted by molar-refractivity contribution is 7.71. The number of H-pyrrole nitrogens is 1. The van der Waals surface area contributed by atoms with E-state index < -0.39 is 0 Å². The third-order valence-corrected chi connectivity index (χ3v) is 2.34. The molecule has 0 saturated carbocycles. The van der Waals surface area contributed by atoms with E-state index in [1.165, 1.54) is 6.07 Å². The number of aromatic nitrogens is 4. The van der Waals surface area contributed by atoms with Gasteiger partial charge in [-0.2, -0.15) is 5.10 Å². The number of rotatable bonds is 2. The molecule has 6 heteroatoms. The molecule has 0 radical (unpaired) electrons. The van der Waals surface area contributed by atoms with E-state index in [1.807, 2.05) is 6.92 Å². The highest BCUT2D eigenvalue weighted by Gasteiger charge is 2.08. The van der Waals surface area contributed by atoms with Gasteiger partial charge in [0.05, 0.1) is 6.20 Å². The minimum Gasteiger partial charge on any atom is -0.299 e. The molecule has 2 aromatic heterocycles. The van der Waals surface area contributed by atoms with Crippen molar-refractivity contribution in [3.05, 3.63) is 28.9 Å². The van der Waals surface area contributed by atoms with Gasteiger partial charge < -0.3 is 0 Å². The van der Waals surface area contributed by atoms with Crippen LogP contribution in [0.2, 0.25) is 0 Å². The number of nitrogens with one attached hydrogen (secondary N) is 1. The van der Waals surface area contributed by atoms with E-state index >= 15 is 0 Å². The molecule has 0 bridgehead atoms. The van der Waals surface area contributed by atoms with Crippen LogP contribution < -0.4 is 0 Å². The Bertz CT molecular complexity index is 514. The second kappa shape index (κ2) is 3.90. The third kappa shape index (κ3) is 1.80. The van der Waals surface area contributed by atoms with Crippen LogP contribution in [0.15, 0.2) is 18.3 Å². The SMILES string of the molecule is CCn1c(-c2ccc(F)cn2)n[nH]c1=S. The topological polar surface area (TPSA) is 46.5 Å². The summed E-state index contributed by atoms with van der Waals surface area (Å²) in [4.78, 5) is 3.95. The predicted molar refractivity (Wildman–Crippen MR) is 56.3 cm³/mol. The van der Waals surface area contributed by atoms with Crippen LogP contribution in [0, 0.1) is 10.6 Å². The molecule has 0 unspecified atom stereocenters. The number of aromatic amines is 1. The highest BCUT2D eigenvalue weighted by atomic mass is 32.1. The first-order chi connectivity index (χ1) is 7.22. The predicted octanol–water partition coefficient (Wildman–Crippen LogP) is 2.16. The van der Waals surface area contributed by atoms with E-state index in [-0.39, 0.29) is 5.82 Å². The van der Waals surface area contributed by atoms with Crippen molar-refractivity contribution in [2.24, 2.45) is 0 Å². The molecule has 0 aromatic carbocycles. The van der Waals surface area contributed by atoms with Crippen LogP contribution in [0.5, 0.6) is 0 Å². The fourth-order valence-electron chi connectivity index (χ4n) is 1.31.